The number of halogens is 1. The molecule has 1 amide bonds. The van der Waals surface area contributed by atoms with Crippen LogP contribution >= 0.6 is 22.9 Å². The van der Waals surface area contributed by atoms with Gasteiger partial charge in [0.05, 0.1) is 14.9 Å². The Morgan fingerprint density at radius 3 is 2.84 bits per heavy atom. The highest BCUT2D eigenvalue weighted by atomic mass is 35.5. The highest BCUT2D eigenvalue weighted by molar-refractivity contribution is 7.18. The molecule has 3 aromatic heterocycles. The zero-order valence-electron chi connectivity index (χ0n) is 16.3. The minimum atomic E-state index is -0.596. The molecule has 0 unspecified atom stereocenters. The first-order valence-corrected chi connectivity index (χ1v) is 10.2. The van der Waals surface area contributed by atoms with Crippen molar-refractivity contribution in [3.05, 3.63) is 45.2 Å². The predicted octanol–water partition coefficient (Wildman–Crippen LogP) is 2.50. The number of nitrogen functional groups attached to an aromatic ring is 1. The fraction of sp³-hybridized carbons (Fsp3) is 0.111. The monoisotopic (exact) mass is 472 g/mol. The highest BCUT2D eigenvalue weighted by Crippen LogP contribution is 2.37. The number of amides is 1. The van der Waals surface area contributed by atoms with E-state index < -0.39 is 5.91 Å². The summed E-state index contributed by atoms with van der Waals surface area (Å²) in [6.07, 6.45) is 0. The molecule has 162 valence electrons. The minimum absolute atomic E-state index is 0.0210. The lowest BCUT2D eigenvalue weighted by atomic mass is 10.1. The molecule has 4 aromatic rings. The summed E-state index contributed by atoms with van der Waals surface area (Å²) in [4.78, 5) is 13.8. The van der Waals surface area contributed by atoms with Crippen molar-refractivity contribution in [1.82, 2.24) is 30.7 Å². The summed E-state index contributed by atoms with van der Waals surface area (Å²) in [6, 6.07) is 8.70. The number of ether oxygens (including phenoxy) is 2. The van der Waals surface area contributed by atoms with Gasteiger partial charge in [-0.3, -0.25) is 4.79 Å². The van der Waals surface area contributed by atoms with Gasteiger partial charge in [0.15, 0.2) is 17.2 Å². The van der Waals surface area contributed by atoms with E-state index in [1.54, 1.807) is 31.2 Å². The van der Waals surface area contributed by atoms with Crippen molar-refractivity contribution in [2.45, 2.75) is 6.92 Å². The Morgan fingerprint density at radius 1 is 1.25 bits per heavy atom. The summed E-state index contributed by atoms with van der Waals surface area (Å²) in [6.45, 7) is 1.85. The molecular weight excluding hydrogens is 460 g/mol. The van der Waals surface area contributed by atoms with Crippen LogP contribution in [0, 0.1) is 0 Å². The van der Waals surface area contributed by atoms with Crippen LogP contribution in [0.3, 0.4) is 0 Å². The molecule has 0 saturated carbocycles. The molecule has 0 radical (unpaired) electrons. The number of thiophene rings is 1. The van der Waals surface area contributed by atoms with E-state index in [2.05, 4.69) is 35.8 Å². The standard InChI is InChI=1S/C18H13ClN8O4S/c1-8(12-4-5-13(19)32-12)21-23-18(28)14-15(9-2-3-10-11(6-9)30-7-29-10)27(26-22-14)17-16(20)24-31-25-17/h2-6H,7H2,1H3,(H2,20,24)(H,23,28)/b21-8-. The normalized spacial score (nSPS) is 12.9. The zero-order chi connectivity index (χ0) is 22.2. The lowest BCUT2D eigenvalue weighted by Crippen LogP contribution is -2.20. The van der Waals surface area contributed by atoms with Crippen molar-refractivity contribution in [3.8, 4) is 28.6 Å². The van der Waals surface area contributed by atoms with Crippen molar-refractivity contribution in [2.75, 3.05) is 12.5 Å². The van der Waals surface area contributed by atoms with E-state index >= 15 is 0 Å². The second-order valence-electron chi connectivity index (χ2n) is 6.48. The number of anilines is 1. The maximum atomic E-state index is 13.0. The maximum Gasteiger partial charge on any atom is 0.294 e. The van der Waals surface area contributed by atoms with Crippen molar-refractivity contribution < 1.29 is 18.9 Å². The van der Waals surface area contributed by atoms with Crippen molar-refractivity contribution in [2.24, 2.45) is 5.10 Å². The second kappa shape index (κ2) is 7.94. The van der Waals surface area contributed by atoms with Crippen LogP contribution in [-0.4, -0.2) is 43.7 Å². The van der Waals surface area contributed by atoms with Crippen molar-refractivity contribution in [3.63, 3.8) is 0 Å². The Hall–Kier alpha value is -3.97. The second-order valence-corrected chi connectivity index (χ2v) is 8.20. The van der Waals surface area contributed by atoms with Crippen LogP contribution < -0.4 is 20.6 Å². The smallest absolute Gasteiger partial charge is 0.294 e. The third-order valence-corrected chi connectivity index (χ3v) is 5.82. The van der Waals surface area contributed by atoms with Gasteiger partial charge in [0.2, 0.25) is 18.4 Å². The Bertz CT molecular complexity index is 1360. The molecule has 32 heavy (non-hydrogen) atoms. The molecule has 14 heteroatoms. The van der Waals surface area contributed by atoms with E-state index in [0.29, 0.717) is 27.1 Å². The quantitative estimate of drug-likeness (QED) is 0.329. The molecule has 0 bridgehead atoms. The molecule has 0 spiro atoms. The number of rotatable bonds is 5. The molecule has 0 aliphatic carbocycles. The van der Waals surface area contributed by atoms with E-state index in [-0.39, 0.29) is 29.8 Å². The highest BCUT2D eigenvalue weighted by Gasteiger charge is 2.27. The number of hydrogen-bond acceptors (Lipinski definition) is 11. The summed E-state index contributed by atoms with van der Waals surface area (Å²) in [5.74, 6) is 0.554. The van der Waals surface area contributed by atoms with Crippen molar-refractivity contribution >= 4 is 40.4 Å². The van der Waals surface area contributed by atoms with Gasteiger partial charge in [-0.05, 0) is 47.6 Å². The molecule has 0 atom stereocenters. The van der Waals surface area contributed by atoms with Crippen LogP contribution in [0.1, 0.15) is 22.3 Å². The summed E-state index contributed by atoms with van der Waals surface area (Å²) in [5, 5.41) is 19.5. The topological polar surface area (TPSA) is 156 Å². The molecule has 4 heterocycles. The minimum Gasteiger partial charge on any atom is -0.454 e. The van der Waals surface area contributed by atoms with Gasteiger partial charge in [0.25, 0.3) is 5.91 Å². The number of fused-ring (bicyclic) bond motifs is 1. The van der Waals surface area contributed by atoms with Crippen molar-refractivity contribution in [1.29, 1.82) is 0 Å². The van der Waals surface area contributed by atoms with Gasteiger partial charge in [-0.15, -0.1) is 16.4 Å². The predicted molar refractivity (Wildman–Crippen MR) is 114 cm³/mol. The Balaban J connectivity index is 1.54. The van der Waals surface area contributed by atoms with Crippen LogP contribution in [0.25, 0.3) is 17.1 Å². The van der Waals surface area contributed by atoms with Gasteiger partial charge in [-0.2, -0.15) is 9.78 Å². The number of hydrogen-bond donors (Lipinski definition) is 2. The first-order chi connectivity index (χ1) is 15.5. The van der Waals surface area contributed by atoms with Crippen LogP contribution in [0.4, 0.5) is 5.82 Å². The number of benzene rings is 1. The SMILES string of the molecule is C/C(=N/NC(=O)c1nnn(-c2nonc2N)c1-c1ccc2c(c1)OCO2)c1ccc(Cl)s1. The molecule has 1 aliphatic heterocycles. The van der Waals surface area contributed by atoms with Gasteiger partial charge in [0.1, 0.15) is 5.69 Å². The molecule has 5 rings (SSSR count). The van der Waals surface area contributed by atoms with Gasteiger partial charge in [-0.1, -0.05) is 16.8 Å². The fourth-order valence-electron chi connectivity index (χ4n) is 2.98. The Labute approximate surface area is 188 Å². The van der Waals surface area contributed by atoms with Crippen LogP contribution in [0.5, 0.6) is 11.5 Å². The average molecular weight is 473 g/mol. The molecule has 0 fully saturated rings. The summed E-state index contributed by atoms with van der Waals surface area (Å²) in [7, 11) is 0. The third-order valence-electron chi connectivity index (χ3n) is 4.48. The zero-order valence-corrected chi connectivity index (χ0v) is 17.8. The lowest BCUT2D eigenvalue weighted by molar-refractivity contribution is 0.0950. The Kier molecular flexibility index (Phi) is 4.95. The number of hydrazone groups is 1. The number of nitrogens with two attached hydrogens (primary N) is 1. The molecule has 3 N–H and O–H groups in total. The maximum absolute atomic E-state index is 13.0. The number of carbonyl (C=O) groups is 1. The van der Waals surface area contributed by atoms with Gasteiger partial charge in [-0.25, -0.2) is 10.1 Å². The first-order valence-electron chi connectivity index (χ1n) is 9.05. The largest absolute Gasteiger partial charge is 0.454 e. The molecule has 0 saturated heterocycles. The van der Waals surface area contributed by atoms with Gasteiger partial charge in [0, 0.05) is 5.56 Å². The van der Waals surface area contributed by atoms with E-state index in [1.165, 1.54) is 16.0 Å². The number of carbonyl (C=O) groups excluding carboxylic acids is 1. The summed E-state index contributed by atoms with van der Waals surface area (Å²) >= 11 is 7.31. The lowest BCUT2D eigenvalue weighted by Gasteiger charge is -2.07. The third kappa shape index (κ3) is 3.52. The van der Waals surface area contributed by atoms with Crippen LogP contribution in [-0.2, 0) is 0 Å². The van der Waals surface area contributed by atoms with Crippen LogP contribution in [0.2, 0.25) is 4.34 Å². The summed E-state index contributed by atoms with van der Waals surface area (Å²) in [5.41, 5.74) is 9.72. The van der Waals surface area contributed by atoms with Gasteiger partial charge >= 0.3 is 0 Å². The molecule has 1 aliphatic rings. The number of nitrogens with zero attached hydrogens (tertiary/aromatic N) is 6. The molecule has 1 aromatic carbocycles. The first kappa shape index (κ1) is 20.0. The molecular formula is C18H13ClN8O4S. The molecule has 12 nitrogen and oxygen atoms in total. The fourth-order valence-corrected chi connectivity index (χ4v) is 3.96. The van der Waals surface area contributed by atoms with E-state index in [4.69, 9.17) is 26.8 Å². The van der Waals surface area contributed by atoms with E-state index in [1.807, 2.05) is 6.07 Å². The number of nitrogens with one attached hydrogen (secondary N) is 1. The van der Waals surface area contributed by atoms with Crippen LogP contribution in [0.15, 0.2) is 40.1 Å². The number of aromatic nitrogens is 5. The van der Waals surface area contributed by atoms with Gasteiger partial charge < -0.3 is 15.2 Å². The van der Waals surface area contributed by atoms with E-state index in [9.17, 15) is 4.79 Å². The Morgan fingerprint density at radius 2 is 2.09 bits per heavy atom. The van der Waals surface area contributed by atoms with E-state index in [0.717, 1.165) is 4.88 Å². The average Bonchev–Trinajstić information content (AvgIpc) is 3.57. The summed E-state index contributed by atoms with van der Waals surface area (Å²) < 4.78 is 17.4.